The topological polar surface area (TPSA) is 6.48 Å². The van der Waals surface area contributed by atoms with Crippen molar-refractivity contribution in [1.29, 1.82) is 0 Å². The van der Waals surface area contributed by atoms with E-state index in [9.17, 15) is 8.78 Å². The first-order chi connectivity index (χ1) is 10.6. The quantitative estimate of drug-likeness (QED) is 0.855. The first-order valence-corrected chi connectivity index (χ1v) is 7.60. The van der Waals surface area contributed by atoms with E-state index in [0.717, 1.165) is 31.7 Å². The lowest BCUT2D eigenvalue weighted by Crippen LogP contribution is -2.45. The van der Waals surface area contributed by atoms with Crippen molar-refractivity contribution in [3.05, 3.63) is 65.2 Å². The smallest absolute Gasteiger partial charge is 0.159 e. The fraction of sp³-hybridized carbons (Fsp3) is 0.333. The van der Waals surface area contributed by atoms with Gasteiger partial charge in [-0.3, -0.25) is 4.90 Å². The Hall–Kier alpha value is -1.94. The average Bonchev–Trinajstić information content (AvgIpc) is 2.53. The second kappa shape index (κ2) is 6.44. The molecule has 116 valence electrons. The molecule has 0 spiro atoms. The summed E-state index contributed by atoms with van der Waals surface area (Å²) in [6.07, 6.45) is 0. The molecule has 0 radical (unpaired) electrons. The van der Waals surface area contributed by atoms with Gasteiger partial charge in [-0.15, -0.1) is 0 Å². The molecule has 1 aliphatic rings. The maximum atomic E-state index is 13.2. The molecule has 22 heavy (non-hydrogen) atoms. The third kappa shape index (κ3) is 3.45. The molecule has 0 atom stereocenters. The van der Waals surface area contributed by atoms with E-state index < -0.39 is 11.6 Å². The zero-order chi connectivity index (χ0) is 15.5. The van der Waals surface area contributed by atoms with Crippen molar-refractivity contribution < 1.29 is 8.78 Å². The fourth-order valence-corrected chi connectivity index (χ4v) is 2.82. The Morgan fingerprint density at radius 3 is 2.18 bits per heavy atom. The largest absolute Gasteiger partial charge is 0.369 e. The van der Waals surface area contributed by atoms with Gasteiger partial charge in [-0.05, 0) is 36.8 Å². The summed E-state index contributed by atoms with van der Waals surface area (Å²) in [5.74, 6) is -1.55. The van der Waals surface area contributed by atoms with Crippen LogP contribution in [0, 0.1) is 18.6 Å². The minimum Gasteiger partial charge on any atom is -0.369 e. The predicted molar refractivity (Wildman–Crippen MR) is 85.0 cm³/mol. The van der Waals surface area contributed by atoms with Gasteiger partial charge in [0.15, 0.2) is 11.6 Å². The molecule has 3 rings (SSSR count). The van der Waals surface area contributed by atoms with Crippen LogP contribution in [0.25, 0.3) is 0 Å². The van der Waals surface area contributed by atoms with Gasteiger partial charge in [0.2, 0.25) is 0 Å². The summed E-state index contributed by atoms with van der Waals surface area (Å²) in [5.41, 5.74) is 3.33. The van der Waals surface area contributed by atoms with Crippen LogP contribution in [0.5, 0.6) is 0 Å². The van der Waals surface area contributed by atoms with E-state index >= 15 is 0 Å². The molecule has 1 heterocycles. The molecule has 0 N–H and O–H groups in total. The normalized spacial score (nSPS) is 16.0. The molecule has 1 fully saturated rings. The zero-order valence-electron chi connectivity index (χ0n) is 12.7. The lowest BCUT2D eigenvalue weighted by atomic mass is 10.1. The second-order valence-electron chi connectivity index (χ2n) is 5.85. The van der Waals surface area contributed by atoms with E-state index in [4.69, 9.17) is 0 Å². The van der Waals surface area contributed by atoms with Gasteiger partial charge < -0.3 is 4.90 Å². The highest BCUT2D eigenvalue weighted by Crippen LogP contribution is 2.18. The Labute approximate surface area is 130 Å². The van der Waals surface area contributed by atoms with Crippen LogP contribution < -0.4 is 4.90 Å². The number of rotatable bonds is 3. The Morgan fingerprint density at radius 2 is 1.55 bits per heavy atom. The number of benzene rings is 2. The van der Waals surface area contributed by atoms with Crippen LogP contribution in [0.2, 0.25) is 0 Å². The minimum atomic E-state index is -0.784. The van der Waals surface area contributed by atoms with Crippen LogP contribution in [-0.2, 0) is 6.54 Å². The molecule has 0 aromatic heterocycles. The molecule has 2 aromatic carbocycles. The van der Waals surface area contributed by atoms with Gasteiger partial charge in [0, 0.05) is 38.4 Å². The average molecular weight is 302 g/mol. The Kier molecular flexibility index (Phi) is 4.39. The maximum absolute atomic E-state index is 13.2. The summed E-state index contributed by atoms with van der Waals surface area (Å²) < 4.78 is 26.2. The van der Waals surface area contributed by atoms with Crippen LogP contribution in [0.4, 0.5) is 14.5 Å². The molecule has 1 aliphatic heterocycles. The molecule has 4 heteroatoms. The second-order valence-corrected chi connectivity index (χ2v) is 5.85. The number of hydrogen-bond acceptors (Lipinski definition) is 2. The lowest BCUT2D eigenvalue weighted by Gasteiger charge is -2.36. The van der Waals surface area contributed by atoms with E-state index in [1.807, 2.05) is 0 Å². The molecule has 0 saturated carbocycles. The summed E-state index contributed by atoms with van der Waals surface area (Å²) in [4.78, 5) is 4.64. The zero-order valence-corrected chi connectivity index (χ0v) is 12.7. The Balaban J connectivity index is 1.57. The van der Waals surface area contributed by atoms with Crippen molar-refractivity contribution >= 4 is 5.69 Å². The number of anilines is 1. The lowest BCUT2D eigenvalue weighted by molar-refractivity contribution is 0.249. The van der Waals surface area contributed by atoms with Gasteiger partial charge in [-0.1, -0.05) is 23.8 Å². The molecule has 2 aromatic rings. The first-order valence-electron chi connectivity index (χ1n) is 7.60. The highest BCUT2D eigenvalue weighted by molar-refractivity contribution is 5.47. The van der Waals surface area contributed by atoms with E-state index in [0.29, 0.717) is 6.54 Å². The van der Waals surface area contributed by atoms with Gasteiger partial charge in [0.25, 0.3) is 0 Å². The van der Waals surface area contributed by atoms with Crippen molar-refractivity contribution in [3.8, 4) is 0 Å². The number of piperazine rings is 1. The maximum Gasteiger partial charge on any atom is 0.159 e. The molecule has 0 aliphatic carbocycles. The van der Waals surface area contributed by atoms with Crippen molar-refractivity contribution in [1.82, 2.24) is 4.90 Å². The number of aryl methyl sites for hydroxylation is 1. The van der Waals surface area contributed by atoms with Crippen LogP contribution in [0.1, 0.15) is 11.1 Å². The molecule has 2 nitrogen and oxygen atoms in total. The summed E-state index contributed by atoms with van der Waals surface area (Å²) >= 11 is 0. The molecule has 0 bridgehead atoms. The van der Waals surface area contributed by atoms with Crippen molar-refractivity contribution in [2.24, 2.45) is 0 Å². The SMILES string of the molecule is Cc1ccc(N2CCN(Cc3ccc(F)c(F)c3)CC2)cc1. The molecule has 0 amide bonds. The van der Waals surface area contributed by atoms with Crippen LogP contribution in [0.15, 0.2) is 42.5 Å². The highest BCUT2D eigenvalue weighted by Gasteiger charge is 2.17. The molecule has 1 saturated heterocycles. The summed E-state index contributed by atoms with van der Waals surface area (Å²) in [6, 6.07) is 12.7. The van der Waals surface area contributed by atoms with Crippen LogP contribution in [-0.4, -0.2) is 31.1 Å². The van der Waals surface area contributed by atoms with E-state index in [1.165, 1.54) is 23.4 Å². The third-order valence-corrected chi connectivity index (χ3v) is 4.16. The van der Waals surface area contributed by atoms with E-state index in [-0.39, 0.29) is 0 Å². The summed E-state index contributed by atoms with van der Waals surface area (Å²) in [5, 5.41) is 0. The van der Waals surface area contributed by atoms with E-state index in [2.05, 4.69) is 41.0 Å². The summed E-state index contributed by atoms with van der Waals surface area (Å²) in [7, 11) is 0. The monoisotopic (exact) mass is 302 g/mol. The standard InChI is InChI=1S/C18H20F2N2/c1-14-2-5-16(6-3-14)22-10-8-21(9-11-22)13-15-4-7-17(19)18(20)12-15/h2-7,12H,8-11,13H2,1H3. The molecular formula is C18H20F2N2. The third-order valence-electron chi connectivity index (χ3n) is 4.16. The summed E-state index contributed by atoms with van der Waals surface area (Å²) in [6.45, 7) is 6.50. The first kappa shape index (κ1) is 15.0. The predicted octanol–water partition coefficient (Wildman–Crippen LogP) is 3.60. The highest BCUT2D eigenvalue weighted by atomic mass is 19.2. The molecular weight excluding hydrogens is 282 g/mol. The fourth-order valence-electron chi connectivity index (χ4n) is 2.82. The van der Waals surface area contributed by atoms with Crippen molar-refractivity contribution in [2.45, 2.75) is 13.5 Å². The van der Waals surface area contributed by atoms with E-state index in [1.54, 1.807) is 6.07 Å². The van der Waals surface area contributed by atoms with Crippen molar-refractivity contribution in [2.75, 3.05) is 31.1 Å². The molecule has 0 unspecified atom stereocenters. The minimum absolute atomic E-state index is 0.666. The van der Waals surface area contributed by atoms with Gasteiger partial charge in [0.05, 0.1) is 0 Å². The van der Waals surface area contributed by atoms with Crippen molar-refractivity contribution in [3.63, 3.8) is 0 Å². The van der Waals surface area contributed by atoms with Gasteiger partial charge in [0.1, 0.15) is 0 Å². The van der Waals surface area contributed by atoms with Crippen LogP contribution >= 0.6 is 0 Å². The number of hydrogen-bond donors (Lipinski definition) is 0. The number of nitrogens with zero attached hydrogens (tertiary/aromatic N) is 2. The Bertz CT molecular complexity index is 632. The number of halogens is 2. The van der Waals surface area contributed by atoms with Gasteiger partial charge in [-0.2, -0.15) is 0 Å². The van der Waals surface area contributed by atoms with Crippen LogP contribution in [0.3, 0.4) is 0 Å². The Morgan fingerprint density at radius 1 is 0.864 bits per heavy atom. The van der Waals surface area contributed by atoms with Gasteiger partial charge >= 0.3 is 0 Å². The van der Waals surface area contributed by atoms with Gasteiger partial charge in [-0.25, -0.2) is 8.78 Å².